The topological polar surface area (TPSA) is 62.3 Å². The van der Waals surface area contributed by atoms with Crippen molar-refractivity contribution in [1.29, 1.82) is 0 Å². The maximum atomic E-state index is 13.4. The van der Waals surface area contributed by atoms with Gasteiger partial charge in [-0.3, -0.25) is 9.59 Å². The van der Waals surface area contributed by atoms with Gasteiger partial charge in [0.1, 0.15) is 0 Å². The van der Waals surface area contributed by atoms with E-state index in [1.165, 1.54) is 4.90 Å². The van der Waals surface area contributed by atoms with E-state index in [-0.39, 0.29) is 18.4 Å². The van der Waals surface area contributed by atoms with Crippen molar-refractivity contribution in [3.63, 3.8) is 0 Å². The van der Waals surface area contributed by atoms with Crippen molar-refractivity contribution < 1.29 is 9.59 Å². The lowest BCUT2D eigenvalue weighted by molar-refractivity contribution is -0.121. The Balaban J connectivity index is 1.83. The molecule has 6 heteroatoms. The van der Waals surface area contributed by atoms with Gasteiger partial charge in [-0.05, 0) is 53.8 Å². The second-order valence-electron chi connectivity index (χ2n) is 7.39. The van der Waals surface area contributed by atoms with E-state index >= 15 is 0 Å². The molecule has 1 aliphatic rings. The first-order valence-corrected chi connectivity index (χ1v) is 10.2. The number of para-hydroxylation sites is 1. The third-order valence-corrected chi connectivity index (χ3v) is 5.62. The van der Waals surface area contributed by atoms with E-state index in [9.17, 15) is 9.59 Å². The van der Waals surface area contributed by atoms with Crippen LogP contribution in [-0.2, 0) is 11.2 Å². The van der Waals surface area contributed by atoms with Crippen molar-refractivity contribution in [2.75, 3.05) is 20.6 Å². The van der Waals surface area contributed by atoms with Crippen LogP contribution in [-0.4, -0.2) is 42.3 Å². The van der Waals surface area contributed by atoms with Gasteiger partial charge in [0.15, 0.2) is 0 Å². The predicted molar refractivity (Wildman–Crippen MR) is 120 cm³/mol. The Labute approximate surface area is 180 Å². The maximum Gasteiger partial charge on any atom is 0.255 e. The number of carbonyl (C=O) groups excluding carboxylic acids is 2. The number of pyridine rings is 1. The predicted octanol–water partition coefficient (Wildman–Crippen LogP) is 4.19. The number of likely N-dealkylation sites (N-methyl/N-ethyl adjacent to an activating group) is 2. The van der Waals surface area contributed by atoms with Gasteiger partial charge in [-0.15, -0.1) is 0 Å². The Morgan fingerprint density at radius 1 is 1.13 bits per heavy atom. The fourth-order valence-corrected chi connectivity index (χ4v) is 3.97. The first-order valence-electron chi connectivity index (χ1n) is 9.82. The molecule has 0 saturated carbocycles. The number of nitrogens with zero attached hydrogens (tertiary/aromatic N) is 2. The molecule has 3 aromatic rings. The van der Waals surface area contributed by atoms with E-state index < -0.39 is 0 Å². The maximum absolute atomic E-state index is 13.4. The molecule has 0 saturated heterocycles. The molecule has 0 unspecified atom stereocenters. The zero-order valence-corrected chi connectivity index (χ0v) is 17.7. The minimum absolute atomic E-state index is 0.00816. The van der Waals surface area contributed by atoms with Gasteiger partial charge in [0.2, 0.25) is 5.91 Å². The number of rotatable bonds is 4. The molecule has 1 aliphatic carbocycles. The second-order valence-corrected chi connectivity index (χ2v) is 7.82. The van der Waals surface area contributed by atoms with Crippen LogP contribution in [0.5, 0.6) is 0 Å². The number of halogens is 1. The van der Waals surface area contributed by atoms with Gasteiger partial charge in [-0.25, -0.2) is 4.98 Å². The van der Waals surface area contributed by atoms with E-state index in [1.807, 2.05) is 48.5 Å². The smallest absolute Gasteiger partial charge is 0.255 e. The van der Waals surface area contributed by atoms with Gasteiger partial charge in [0.25, 0.3) is 5.91 Å². The molecule has 0 atom stereocenters. The number of fused-ring (bicyclic) bond motifs is 2. The number of amides is 2. The molecule has 1 heterocycles. The van der Waals surface area contributed by atoms with E-state index in [0.29, 0.717) is 10.6 Å². The molecule has 152 valence electrons. The van der Waals surface area contributed by atoms with E-state index in [0.717, 1.165) is 46.1 Å². The second kappa shape index (κ2) is 8.28. The Kier molecular flexibility index (Phi) is 5.55. The number of allylic oxidation sites excluding steroid dienone is 1. The molecular formula is C24H22ClN3O2. The number of aromatic nitrogens is 1. The standard InChI is InChI=1S/C24H22ClN3O2/c1-26-21(29)14-28(2)24(30)22-18-5-3-4-6-20(18)27-23-16(9-12-19(22)23)13-15-7-10-17(25)11-8-15/h3-8,10-11,13H,9,12,14H2,1-2H3,(H,26,29)/b16-13+. The first-order chi connectivity index (χ1) is 14.5. The molecule has 0 aliphatic heterocycles. The highest BCUT2D eigenvalue weighted by Crippen LogP contribution is 2.38. The van der Waals surface area contributed by atoms with Crippen LogP contribution in [0.3, 0.4) is 0 Å². The molecule has 2 aromatic carbocycles. The fraction of sp³-hybridized carbons (Fsp3) is 0.208. The molecule has 0 fully saturated rings. The van der Waals surface area contributed by atoms with Crippen molar-refractivity contribution in [3.05, 3.63) is 75.9 Å². The molecule has 1 aromatic heterocycles. The Morgan fingerprint density at radius 3 is 2.60 bits per heavy atom. The molecule has 0 spiro atoms. The average Bonchev–Trinajstić information content (AvgIpc) is 3.15. The summed E-state index contributed by atoms with van der Waals surface area (Å²) in [5, 5.41) is 4.08. The van der Waals surface area contributed by atoms with Crippen LogP contribution in [0, 0.1) is 0 Å². The number of hydrogen-bond acceptors (Lipinski definition) is 3. The molecule has 5 nitrogen and oxygen atoms in total. The molecule has 4 rings (SSSR count). The molecule has 0 radical (unpaired) electrons. The molecule has 1 N–H and O–H groups in total. The Hall–Kier alpha value is -3.18. The summed E-state index contributed by atoms with van der Waals surface area (Å²) >= 11 is 6.00. The van der Waals surface area contributed by atoms with Gasteiger partial charge < -0.3 is 10.2 Å². The number of nitrogens with one attached hydrogen (secondary N) is 1. The van der Waals surface area contributed by atoms with E-state index in [2.05, 4.69) is 11.4 Å². The number of carbonyl (C=O) groups is 2. The Bertz CT molecular complexity index is 1170. The van der Waals surface area contributed by atoms with Crippen molar-refractivity contribution in [2.24, 2.45) is 0 Å². The van der Waals surface area contributed by atoms with Gasteiger partial charge in [-0.2, -0.15) is 0 Å². The lowest BCUT2D eigenvalue weighted by atomic mass is 9.99. The zero-order chi connectivity index (χ0) is 21.3. The van der Waals surface area contributed by atoms with Gasteiger partial charge >= 0.3 is 0 Å². The molecule has 2 amide bonds. The first kappa shape index (κ1) is 20.1. The quantitative estimate of drug-likeness (QED) is 0.689. The molecule has 0 bridgehead atoms. The van der Waals surface area contributed by atoms with Crippen LogP contribution in [0.15, 0.2) is 48.5 Å². The summed E-state index contributed by atoms with van der Waals surface area (Å²) in [6, 6.07) is 15.3. The molecule has 30 heavy (non-hydrogen) atoms. The minimum atomic E-state index is -0.204. The summed E-state index contributed by atoms with van der Waals surface area (Å²) in [5.74, 6) is -0.370. The third kappa shape index (κ3) is 3.81. The zero-order valence-electron chi connectivity index (χ0n) is 16.9. The van der Waals surface area contributed by atoms with Gasteiger partial charge in [-0.1, -0.05) is 41.9 Å². The van der Waals surface area contributed by atoms with Gasteiger partial charge in [0.05, 0.1) is 23.3 Å². The lowest BCUT2D eigenvalue weighted by Gasteiger charge is -2.19. The van der Waals surface area contributed by atoms with Crippen LogP contribution in [0.1, 0.15) is 33.6 Å². The van der Waals surface area contributed by atoms with E-state index in [4.69, 9.17) is 16.6 Å². The van der Waals surface area contributed by atoms with Crippen LogP contribution < -0.4 is 5.32 Å². The largest absolute Gasteiger partial charge is 0.358 e. The van der Waals surface area contributed by atoms with Crippen LogP contribution >= 0.6 is 11.6 Å². The highest BCUT2D eigenvalue weighted by molar-refractivity contribution is 6.30. The fourth-order valence-electron chi connectivity index (χ4n) is 3.84. The lowest BCUT2D eigenvalue weighted by Crippen LogP contribution is -2.37. The monoisotopic (exact) mass is 419 g/mol. The summed E-state index contributed by atoms with van der Waals surface area (Å²) in [6.45, 7) is 0.00816. The summed E-state index contributed by atoms with van der Waals surface area (Å²) in [6.07, 6.45) is 3.65. The molecular weight excluding hydrogens is 398 g/mol. The van der Waals surface area contributed by atoms with Crippen LogP contribution in [0.25, 0.3) is 22.6 Å². The summed E-state index contributed by atoms with van der Waals surface area (Å²) in [4.78, 5) is 31.5. The van der Waals surface area contributed by atoms with Crippen LogP contribution in [0.2, 0.25) is 5.02 Å². The third-order valence-electron chi connectivity index (χ3n) is 5.37. The number of hydrogen-bond donors (Lipinski definition) is 1. The van der Waals surface area contributed by atoms with E-state index in [1.54, 1.807) is 14.1 Å². The van der Waals surface area contributed by atoms with Crippen molar-refractivity contribution in [2.45, 2.75) is 12.8 Å². The normalized spacial score (nSPS) is 14.0. The SMILES string of the molecule is CNC(=O)CN(C)C(=O)c1c2c(nc3ccccc13)/C(=C/c1ccc(Cl)cc1)CC2. The minimum Gasteiger partial charge on any atom is -0.358 e. The Morgan fingerprint density at radius 2 is 1.87 bits per heavy atom. The van der Waals surface area contributed by atoms with Crippen molar-refractivity contribution in [3.8, 4) is 0 Å². The summed E-state index contributed by atoms with van der Waals surface area (Å²) in [5.41, 5.74) is 5.37. The number of benzene rings is 2. The average molecular weight is 420 g/mol. The highest BCUT2D eigenvalue weighted by atomic mass is 35.5. The van der Waals surface area contributed by atoms with Crippen molar-refractivity contribution in [1.82, 2.24) is 15.2 Å². The summed E-state index contributed by atoms with van der Waals surface area (Å²) < 4.78 is 0. The summed E-state index contributed by atoms with van der Waals surface area (Å²) in [7, 11) is 3.21. The van der Waals surface area contributed by atoms with Crippen LogP contribution in [0.4, 0.5) is 0 Å². The highest BCUT2D eigenvalue weighted by Gasteiger charge is 2.28. The van der Waals surface area contributed by atoms with Crippen molar-refractivity contribution >= 4 is 46.0 Å². The van der Waals surface area contributed by atoms with Gasteiger partial charge in [0, 0.05) is 24.5 Å².